The lowest BCUT2D eigenvalue weighted by atomic mass is 10.4. The molecule has 0 aromatic carbocycles. The lowest BCUT2D eigenvalue weighted by Crippen LogP contribution is -2.37. The summed E-state index contributed by atoms with van der Waals surface area (Å²) in [7, 11) is -2.04. The van der Waals surface area contributed by atoms with Crippen LogP contribution in [0.2, 0.25) is 0 Å². The summed E-state index contributed by atoms with van der Waals surface area (Å²) in [5, 5.41) is 5.94. The lowest BCUT2D eigenvalue weighted by Gasteiger charge is -2.20. The highest BCUT2D eigenvalue weighted by Gasteiger charge is 2.20. The van der Waals surface area contributed by atoms with E-state index in [2.05, 4.69) is 19.9 Å². The monoisotopic (exact) mass is 219 g/mol. The maximum atomic E-state index is 11.6. The second kappa shape index (κ2) is 3.93. The van der Waals surface area contributed by atoms with Crippen molar-refractivity contribution < 1.29 is 8.42 Å². The Bertz CT molecular complexity index is 371. The highest BCUT2D eigenvalue weighted by molar-refractivity contribution is 7.90. The van der Waals surface area contributed by atoms with Crippen LogP contribution in [0.5, 0.6) is 0 Å². The molecule has 0 aliphatic rings. The molecule has 0 amide bonds. The number of H-pyrrole nitrogens is 1. The van der Waals surface area contributed by atoms with E-state index in [1.54, 1.807) is 13.8 Å². The van der Waals surface area contributed by atoms with Gasteiger partial charge in [-0.25, -0.2) is 9.82 Å². The maximum Gasteiger partial charge on any atom is 0.303 e. The molecule has 0 atom stereocenters. The first-order valence-electron chi connectivity index (χ1n) is 4.04. The van der Waals surface area contributed by atoms with Crippen molar-refractivity contribution >= 4 is 16.2 Å². The fourth-order valence-corrected chi connectivity index (χ4v) is 1.77. The molecule has 1 heterocycles. The topological polar surface area (TPSA) is 91.0 Å². The largest absolute Gasteiger partial charge is 0.303 e. The fraction of sp³-hybridized carbons (Fsp3) is 0.667. The molecule has 0 spiro atoms. The maximum absolute atomic E-state index is 11.6. The highest BCUT2D eigenvalue weighted by atomic mass is 32.2. The fourth-order valence-electron chi connectivity index (χ4n) is 0.726. The molecule has 0 aliphatic heterocycles. The summed E-state index contributed by atoms with van der Waals surface area (Å²) >= 11 is 0. The van der Waals surface area contributed by atoms with Gasteiger partial charge in [-0.15, -0.1) is 0 Å². The van der Waals surface area contributed by atoms with E-state index < -0.39 is 10.2 Å². The van der Waals surface area contributed by atoms with Crippen molar-refractivity contribution in [2.24, 2.45) is 0 Å². The molecule has 7 nitrogen and oxygen atoms in total. The number of hydrogen-bond acceptors (Lipinski definition) is 4. The predicted molar refractivity (Wildman–Crippen MR) is 51.8 cm³/mol. The molecular weight excluding hydrogens is 206 g/mol. The van der Waals surface area contributed by atoms with Crippen LogP contribution in [-0.2, 0) is 10.2 Å². The number of aromatic amines is 1. The Kier molecular flexibility index (Phi) is 3.06. The Morgan fingerprint density at radius 2 is 2.21 bits per heavy atom. The molecule has 1 aromatic heterocycles. The standard InChI is InChI=1S/C6H13N5O2S/c1-5(2)11(3)14(12,13)10-6-7-4-8-9-6/h4-5H,1-3H3,(H2,7,8,9,10). The first kappa shape index (κ1) is 10.9. The molecule has 2 N–H and O–H groups in total. The van der Waals surface area contributed by atoms with E-state index in [1.807, 2.05) is 0 Å². The molecule has 0 bridgehead atoms. The second-order valence-corrected chi connectivity index (χ2v) is 4.78. The van der Waals surface area contributed by atoms with Crippen LogP contribution in [0.3, 0.4) is 0 Å². The molecule has 0 radical (unpaired) electrons. The third kappa shape index (κ3) is 2.42. The van der Waals surface area contributed by atoms with Gasteiger partial charge in [0.1, 0.15) is 6.33 Å². The van der Waals surface area contributed by atoms with Crippen LogP contribution < -0.4 is 4.72 Å². The summed E-state index contributed by atoms with van der Waals surface area (Å²) in [5.74, 6) is 0.109. The zero-order valence-corrected chi connectivity index (χ0v) is 9.04. The quantitative estimate of drug-likeness (QED) is 0.733. The minimum absolute atomic E-state index is 0.109. The Balaban J connectivity index is 2.77. The Morgan fingerprint density at radius 3 is 2.64 bits per heavy atom. The number of rotatable bonds is 4. The lowest BCUT2D eigenvalue weighted by molar-refractivity contribution is 0.414. The summed E-state index contributed by atoms with van der Waals surface area (Å²) in [6.07, 6.45) is 1.23. The van der Waals surface area contributed by atoms with Crippen molar-refractivity contribution in [1.29, 1.82) is 0 Å². The normalized spacial score (nSPS) is 12.4. The van der Waals surface area contributed by atoms with Crippen LogP contribution in [0.1, 0.15) is 13.8 Å². The van der Waals surface area contributed by atoms with Crippen molar-refractivity contribution in [1.82, 2.24) is 19.5 Å². The second-order valence-electron chi connectivity index (χ2n) is 3.05. The summed E-state index contributed by atoms with van der Waals surface area (Å²) in [6.45, 7) is 3.55. The van der Waals surface area contributed by atoms with E-state index in [0.717, 1.165) is 0 Å². The van der Waals surface area contributed by atoms with Crippen molar-refractivity contribution in [3.63, 3.8) is 0 Å². The molecular formula is C6H13N5O2S. The molecule has 0 saturated carbocycles. The van der Waals surface area contributed by atoms with E-state index in [-0.39, 0.29) is 12.0 Å². The van der Waals surface area contributed by atoms with Crippen LogP contribution >= 0.6 is 0 Å². The van der Waals surface area contributed by atoms with Gasteiger partial charge in [0.15, 0.2) is 0 Å². The van der Waals surface area contributed by atoms with Gasteiger partial charge in [-0.3, -0.25) is 0 Å². The molecule has 14 heavy (non-hydrogen) atoms. The van der Waals surface area contributed by atoms with Crippen LogP contribution in [0, 0.1) is 0 Å². The van der Waals surface area contributed by atoms with Crippen molar-refractivity contribution in [3.05, 3.63) is 6.33 Å². The van der Waals surface area contributed by atoms with Crippen LogP contribution in [0.4, 0.5) is 5.95 Å². The molecule has 0 fully saturated rings. The molecule has 0 saturated heterocycles. The zero-order valence-electron chi connectivity index (χ0n) is 8.22. The minimum Gasteiger partial charge on any atom is -0.245 e. The number of hydrogen-bond donors (Lipinski definition) is 2. The van der Waals surface area contributed by atoms with Crippen LogP contribution in [-0.4, -0.2) is 41.0 Å². The summed E-state index contributed by atoms with van der Waals surface area (Å²) in [5.41, 5.74) is 0. The third-order valence-electron chi connectivity index (χ3n) is 1.75. The number of aromatic nitrogens is 3. The van der Waals surface area contributed by atoms with Crippen molar-refractivity contribution in [2.45, 2.75) is 19.9 Å². The third-order valence-corrected chi connectivity index (χ3v) is 3.38. The first-order valence-corrected chi connectivity index (χ1v) is 5.48. The van der Waals surface area contributed by atoms with Gasteiger partial charge in [-0.2, -0.15) is 22.8 Å². The zero-order chi connectivity index (χ0) is 10.8. The predicted octanol–water partition coefficient (Wildman–Crippen LogP) is -0.198. The minimum atomic E-state index is -3.53. The summed E-state index contributed by atoms with van der Waals surface area (Å²) in [6, 6.07) is -0.115. The number of anilines is 1. The molecule has 0 unspecified atom stereocenters. The Hall–Kier alpha value is -1.15. The van der Waals surface area contributed by atoms with Gasteiger partial charge in [0.2, 0.25) is 5.95 Å². The van der Waals surface area contributed by atoms with Gasteiger partial charge < -0.3 is 0 Å². The van der Waals surface area contributed by atoms with Gasteiger partial charge in [0.25, 0.3) is 0 Å². The first-order chi connectivity index (χ1) is 6.43. The van der Waals surface area contributed by atoms with Crippen LogP contribution in [0.15, 0.2) is 6.33 Å². The highest BCUT2D eigenvalue weighted by Crippen LogP contribution is 2.05. The van der Waals surface area contributed by atoms with Gasteiger partial charge >= 0.3 is 10.2 Å². The van der Waals surface area contributed by atoms with E-state index in [9.17, 15) is 8.42 Å². The molecule has 8 heteroatoms. The number of nitrogens with one attached hydrogen (secondary N) is 2. The van der Waals surface area contributed by atoms with E-state index >= 15 is 0 Å². The van der Waals surface area contributed by atoms with E-state index in [1.165, 1.54) is 17.7 Å². The summed E-state index contributed by atoms with van der Waals surface area (Å²) < 4.78 is 26.6. The average Bonchev–Trinajstić information content (AvgIpc) is 2.54. The average molecular weight is 219 g/mol. The molecule has 80 valence electrons. The number of nitrogens with zero attached hydrogens (tertiary/aromatic N) is 3. The molecule has 1 aromatic rings. The Labute approximate surface area is 82.7 Å². The van der Waals surface area contributed by atoms with Gasteiger partial charge in [-0.1, -0.05) is 0 Å². The molecule has 1 rings (SSSR count). The van der Waals surface area contributed by atoms with Gasteiger partial charge in [-0.05, 0) is 13.8 Å². The van der Waals surface area contributed by atoms with E-state index in [0.29, 0.717) is 0 Å². The van der Waals surface area contributed by atoms with E-state index in [4.69, 9.17) is 0 Å². The van der Waals surface area contributed by atoms with Gasteiger partial charge in [0, 0.05) is 13.1 Å². The van der Waals surface area contributed by atoms with Crippen molar-refractivity contribution in [3.8, 4) is 0 Å². The smallest absolute Gasteiger partial charge is 0.245 e. The Morgan fingerprint density at radius 1 is 1.57 bits per heavy atom. The SMILES string of the molecule is CC(C)N(C)S(=O)(=O)Nc1ncn[nH]1. The van der Waals surface area contributed by atoms with Crippen LogP contribution in [0.25, 0.3) is 0 Å². The molecule has 0 aliphatic carbocycles. The van der Waals surface area contributed by atoms with Gasteiger partial charge in [0.05, 0.1) is 0 Å². The van der Waals surface area contributed by atoms with Crippen molar-refractivity contribution in [2.75, 3.05) is 11.8 Å². The summed E-state index contributed by atoms with van der Waals surface area (Å²) in [4.78, 5) is 3.66.